The fourth-order valence-corrected chi connectivity index (χ4v) is 1.56. The number of benzene rings is 1. The molecule has 3 nitrogen and oxygen atoms in total. The lowest BCUT2D eigenvalue weighted by atomic mass is 9.92. The standard InChI is InChI=1S/C11H14ClNO2/c1-11(13-2,10(14)15-3)8-5-4-6-9(12)7-8/h4-7,13H,1-3H3. The molecular weight excluding hydrogens is 214 g/mol. The zero-order valence-corrected chi connectivity index (χ0v) is 9.76. The third-order valence-electron chi connectivity index (χ3n) is 2.50. The van der Waals surface area contributed by atoms with Gasteiger partial charge in [-0.3, -0.25) is 0 Å². The van der Waals surface area contributed by atoms with Gasteiger partial charge in [0.1, 0.15) is 5.54 Å². The van der Waals surface area contributed by atoms with Crippen LogP contribution in [-0.2, 0) is 15.1 Å². The largest absolute Gasteiger partial charge is 0.467 e. The molecule has 1 atom stereocenters. The first-order valence-electron chi connectivity index (χ1n) is 4.58. The minimum atomic E-state index is -0.861. The van der Waals surface area contributed by atoms with Gasteiger partial charge in [-0.1, -0.05) is 23.7 Å². The van der Waals surface area contributed by atoms with Crippen molar-refractivity contribution < 1.29 is 9.53 Å². The number of likely N-dealkylation sites (N-methyl/N-ethyl adjacent to an activating group) is 1. The Morgan fingerprint density at radius 2 is 2.20 bits per heavy atom. The lowest BCUT2D eigenvalue weighted by Gasteiger charge is -2.26. The number of nitrogens with one attached hydrogen (secondary N) is 1. The van der Waals surface area contributed by atoms with Crippen LogP contribution in [0.4, 0.5) is 0 Å². The van der Waals surface area contributed by atoms with Crippen molar-refractivity contribution >= 4 is 17.6 Å². The van der Waals surface area contributed by atoms with E-state index in [2.05, 4.69) is 5.32 Å². The number of rotatable bonds is 3. The molecule has 0 aliphatic carbocycles. The fraction of sp³-hybridized carbons (Fsp3) is 0.364. The molecule has 0 aliphatic rings. The molecule has 0 spiro atoms. The van der Waals surface area contributed by atoms with Crippen LogP contribution in [0.5, 0.6) is 0 Å². The van der Waals surface area contributed by atoms with Crippen molar-refractivity contribution in [3.63, 3.8) is 0 Å². The van der Waals surface area contributed by atoms with Crippen LogP contribution in [-0.4, -0.2) is 20.1 Å². The summed E-state index contributed by atoms with van der Waals surface area (Å²) in [6.45, 7) is 1.75. The molecule has 0 radical (unpaired) electrons. The van der Waals surface area contributed by atoms with E-state index in [1.54, 1.807) is 32.2 Å². The maximum Gasteiger partial charge on any atom is 0.330 e. The van der Waals surface area contributed by atoms with E-state index in [0.29, 0.717) is 5.02 Å². The number of esters is 1. The number of halogens is 1. The van der Waals surface area contributed by atoms with E-state index in [-0.39, 0.29) is 5.97 Å². The van der Waals surface area contributed by atoms with Gasteiger partial charge in [-0.15, -0.1) is 0 Å². The highest BCUT2D eigenvalue weighted by atomic mass is 35.5. The van der Waals surface area contributed by atoms with Gasteiger partial charge in [0.15, 0.2) is 0 Å². The van der Waals surface area contributed by atoms with Crippen molar-refractivity contribution in [2.75, 3.05) is 14.2 Å². The molecule has 15 heavy (non-hydrogen) atoms. The van der Waals surface area contributed by atoms with Crippen LogP contribution >= 0.6 is 11.6 Å². The zero-order valence-electron chi connectivity index (χ0n) is 9.00. The van der Waals surface area contributed by atoms with Crippen LogP contribution in [0.15, 0.2) is 24.3 Å². The molecule has 4 heteroatoms. The number of carbonyl (C=O) groups is 1. The third-order valence-corrected chi connectivity index (χ3v) is 2.73. The second-order valence-corrected chi connectivity index (χ2v) is 3.81. The number of methoxy groups -OCH3 is 1. The first-order chi connectivity index (χ1) is 7.04. The van der Waals surface area contributed by atoms with Gasteiger partial charge < -0.3 is 10.1 Å². The van der Waals surface area contributed by atoms with Gasteiger partial charge in [0.2, 0.25) is 0 Å². The summed E-state index contributed by atoms with van der Waals surface area (Å²) in [4.78, 5) is 11.6. The molecule has 0 bridgehead atoms. The smallest absolute Gasteiger partial charge is 0.330 e. The molecule has 1 aromatic carbocycles. The summed E-state index contributed by atoms with van der Waals surface area (Å²) in [5, 5.41) is 3.53. The number of hydrogen-bond acceptors (Lipinski definition) is 3. The molecule has 0 saturated heterocycles. The number of carbonyl (C=O) groups excluding carboxylic acids is 1. The van der Waals surface area contributed by atoms with Crippen LogP contribution in [0.1, 0.15) is 12.5 Å². The summed E-state index contributed by atoms with van der Waals surface area (Å²) in [6.07, 6.45) is 0. The van der Waals surface area contributed by atoms with Crippen LogP contribution < -0.4 is 5.32 Å². The van der Waals surface area contributed by atoms with E-state index in [4.69, 9.17) is 16.3 Å². The average molecular weight is 228 g/mol. The molecule has 0 fully saturated rings. The number of hydrogen-bond donors (Lipinski definition) is 1. The van der Waals surface area contributed by atoms with Crippen molar-refractivity contribution in [2.45, 2.75) is 12.5 Å². The Bertz CT molecular complexity index is 367. The maximum atomic E-state index is 11.6. The predicted molar refractivity (Wildman–Crippen MR) is 59.9 cm³/mol. The molecular formula is C11H14ClNO2. The highest BCUT2D eigenvalue weighted by Crippen LogP contribution is 2.24. The molecule has 0 aromatic heterocycles. The van der Waals surface area contributed by atoms with E-state index in [0.717, 1.165) is 5.56 Å². The maximum absolute atomic E-state index is 11.6. The quantitative estimate of drug-likeness (QED) is 0.803. The van der Waals surface area contributed by atoms with Crippen LogP contribution in [0, 0.1) is 0 Å². The summed E-state index contributed by atoms with van der Waals surface area (Å²) in [6, 6.07) is 7.14. The van der Waals surface area contributed by atoms with Gasteiger partial charge >= 0.3 is 5.97 Å². The first kappa shape index (κ1) is 12.0. The Morgan fingerprint density at radius 1 is 1.53 bits per heavy atom. The van der Waals surface area contributed by atoms with Gasteiger partial charge in [0.05, 0.1) is 7.11 Å². The molecule has 0 amide bonds. The molecule has 1 rings (SSSR count). The molecule has 0 heterocycles. The Morgan fingerprint density at radius 3 is 2.67 bits per heavy atom. The highest BCUT2D eigenvalue weighted by molar-refractivity contribution is 6.30. The fourth-order valence-electron chi connectivity index (χ4n) is 1.37. The summed E-state index contributed by atoms with van der Waals surface area (Å²) in [7, 11) is 3.07. The van der Waals surface area contributed by atoms with Gasteiger partial charge in [-0.05, 0) is 31.7 Å². The molecule has 1 N–H and O–H groups in total. The lowest BCUT2D eigenvalue weighted by molar-refractivity contribution is -0.148. The Hall–Kier alpha value is -1.06. The van der Waals surface area contributed by atoms with Crippen molar-refractivity contribution in [3.05, 3.63) is 34.9 Å². The van der Waals surface area contributed by atoms with Gasteiger partial charge in [0.25, 0.3) is 0 Å². The highest BCUT2D eigenvalue weighted by Gasteiger charge is 2.34. The third kappa shape index (κ3) is 2.30. The summed E-state index contributed by atoms with van der Waals surface area (Å²) in [5.41, 5.74) is -0.0797. The van der Waals surface area contributed by atoms with Crippen molar-refractivity contribution in [2.24, 2.45) is 0 Å². The molecule has 0 saturated carbocycles. The second kappa shape index (κ2) is 4.64. The Labute approximate surface area is 94.4 Å². The van der Waals surface area contributed by atoms with E-state index >= 15 is 0 Å². The van der Waals surface area contributed by atoms with Crippen LogP contribution in [0.3, 0.4) is 0 Å². The molecule has 1 unspecified atom stereocenters. The van der Waals surface area contributed by atoms with Crippen molar-refractivity contribution in [1.29, 1.82) is 0 Å². The molecule has 82 valence electrons. The number of ether oxygens (including phenoxy) is 1. The predicted octanol–water partition coefficient (Wildman–Crippen LogP) is 1.95. The first-order valence-corrected chi connectivity index (χ1v) is 4.95. The van der Waals surface area contributed by atoms with Gasteiger partial charge in [0, 0.05) is 5.02 Å². The van der Waals surface area contributed by atoms with E-state index in [1.165, 1.54) is 7.11 Å². The normalized spacial score (nSPS) is 14.4. The van der Waals surface area contributed by atoms with Gasteiger partial charge in [-0.25, -0.2) is 4.79 Å². The van der Waals surface area contributed by atoms with Crippen LogP contribution in [0.2, 0.25) is 5.02 Å². The second-order valence-electron chi connectivity index (χ2n) is 3.38. The van der Waals surface area contributed by atoms with Crippen LogP contribution in [0.25, 0.3) is 0 Å². The minimum absolute atomic E-state index is 0.340. The topological polar surface area (TPSA) is 38.3 Å². The Kier molecular flexibility index (Phi) is 3.72. The van der Waals surface area contributed by atoms with Gasteiger partial charge in [-0.2, -0.15) is 0 Å². The summed E-state index contributed by atoms with van der Waals surface area (Å²) < 4.78 is 4.76. The van der Waals surface area contributed by atoms with E-state index in [9.17, 15) is 4.79 Å². The summed E-state index contributed by atoms with van der Waals surface area (Å²) >= 11 is 5.88. The average Bonchev–Trinajstić information content (AvgIpc) is 2.26. The SMILES string of the molecule is CNC(C)(C(=O)OC)c1cccc(Cl)c1. The lowest BCUT2D eigenvalue weighted by Crippen LogP contribution is -2.45. The molecule has 0 aliphatic heterocycles. The van der Waals surface area contributed by atoms with E-state index in [1.807, 2.05) is 6.07 Å². The van der Waals surface area contributed by atoms with Crippen molar-refractivity contribution in [3.8, 4) is 0 Å². The molecule has 1 aromatic rings. The Balaban J connectivity index is 3.16. The summed E-state index contributed by atoms with van der Waals surface area (Å²) in [5.74, 6) is -0.340. The van der Waals surface area contributed by atoms with E-state index < -0.39 is 5.54 Å². The monoisotopic (exact) mass is 227 g/mol. The van der Waals surface area contributed by atoms with Crippen molar-refractivity contribution in [1.82, 2.24) is 5.32 Å². The minimum Gasteiger partial charge on any atom is -0.467 e. The zero-order chi connectivity index (χ0) is 11.5.